The van der Waals surface area contributed by atoms with Crippen molar-refractivity contribution in [1.29, 1.82) is 5.26 Å². The fraction of sp³-hybridized carbons (Fsp3) is 0.294. The molecule has 0 aliphatic heterocycles. The van der Waals surface area contributed by atoms with Gasteiger partial charge in [0.05, 0.1) is 12.1 Å². The van der Waals surface area contributed by atoms with E-state index >= 15 is 0 Å². The Morgan fingerprint density at radius 3 is 2.57 bits per heavy atom. The van der Waals surface area contributed by atoms with Crippen molar-refractivity contribution in [3.8, 4) is 6.07 Å². The Morgan fingerprint density at radius 2 is 2.00 bits per heavy atom. The van der Waals surface area contributed by atoms with Gasteiger partial charge in [-0.1, -0.05) is 30.3 Å². The first-order valence-electron chi connectivity index (χ1n) is 6.90. The molecule has 2 unspecified atom stereocenters. The first-order valence-corrected chi connectivity index (χ1v) is 6.90. The lowest BCUT2D eigenvalue weighted by Gasteiger charge is -2.14. The summed E-state index contributed by atoms with van der Waals surface area (Å²) in [6.07, 6.45) is 0.410. The van der Waals surface area contributed by atoms with Gasteiger partial charge in [-0.25, -0.2) is 0 Å². The molecule has 0 saturated carbocycles. The zero-order valence-electron chi connectivity index (χ0n) is 12.2. The maximum absolute atomic E-state index is 12.2. The Bertz CT molecular complexity index is 640. The van der Waals surface area contributed by atoms with Crippen LogP contribution < -0.4 is 5.32 Å². The van der Waals surface area contributed by atoms with E-state index in [4.69, 9.17) is 4.42 Å². The van der Waals surface area contributed by atoms with Crippen LogP contribution in [0.5, 0.6) is 0 Å². The topological polar surface area (TPSA) is 66.0 Å². The summed E-state index contributed by atoms with van der Waals surface area (Å²) in [7, 11) is 0. The zero-order chi connectivity index (χ0) is 15.2. The van der Waals surface area contributed by atoms with E-state index in [-0.39, 0.29) is 11.9 Å². The molecule has 0 spiro atoms. The molecule has 2 atom stereocenters. The molecule has 108 valence electrons. The minimum absolute atomic E-state index is 0.252. The number of nitriles is 1. The van der Waals surface area contributed by atoms with Gasteiger partial charge in [0.15, 0.2) is 0 Å². The van der Waals surface area contributed by atoms with E-state index in [9.17, 15) is 10.1 Å². The number of hydrogen-bond donors (Lipinski definition) is 1. The number of furan rings is 1. The van der Waals surface area contributed by atoms with Crippen molar-refractivity contribution in [3.63, 3.8) is 0 Å². The summed E-state index contributed by atoms with van der Waals surface area (Å²) in [6.45, 7) is 3.69. The van der Waals surface area contributed by atoms with Gasteiger partial charge in [-0.15, -0.1) is 0 Å². The van der Waals surface area contributed by atoms with Crippen LogP contribution in [0.4, 0.5) is 0 Å². The Kier molecular flexibility index (Phi) is 4.78. The molecule has 0 saturated heterocycles. The van der Waals surface area contributed by atoms with Crippen LogP contribution in [0, 0.1) is 24.2 Å². The third-order valence-electron chi connectivity index (χ3n) is 3.30. The van der Waals surface area contributed by atoms with Crippen molar-refractivity contribution in [3.05, 3.63) is 59.5 Å². The highest BCUT2D eigenvalue weighted by Crippen LogP contribution is 2.17. The molecule has 4 heteroatoms. The second-order valence-corrected chi connectivity index (χ2v) is 5.05. The van der Waals surface area contributed by atoms with Crippen LogP contribution in [0.3, 0.4) is 0 Å². The van der Waals surface area contributed by atoms with Gasteiger partial charge in [0.1, 0.15) is 17.4 Å². The normalized spacial score (nSPS) is 13.2. The fourth-order valence-electron chi connectivity index (χ4n) is 2.12. The summed E-state index contributed by atoms with van der Waals surface area (Å²) in [5, 5.41) is 12.0. The summed E-state index contributed by atoms with van der Waals surface area (Å²) >= 11 is 0. The molecule has 0 radical (unpaired) electrons. The molecule has 1 amide bonds. The molecule has 2 aromatic rings. The quantitative estimate of drug-likeness (QED) is 0.916. The molecule has 2 rings (SSSR count). The summed E-state index contributed by atoms with van der Waals surface area (Å²) in [5.41, 5.74) is 0.973. The molecule has 21 heavy (non-hydrogen) atoms. The molecular formula is C17H18N2O2. The minimum Gasteiger partial charge on any atom is -0.464 e. The molecule has 1 aromatic carbocycles. The number of benzene rings is 1. The van der Waals surface area contributed by atoms with E-state index in [2.05, 4.69) is 11.4 Å². The van der Waals surface area contributed by atoms with Crippen molar-refractivity contribution in [1.82, 2.24) is 5.32 Å². The highest BCUT2D eigenvalue weighted by Gasteiger charge is 2.21. The van der Waals surface area contributed by atoms with Crippen LogP contribution in [0.15, 0.2) is 46.9 Å². The lowest BCUT2D eigenvalue weighted by atomic mass is 9.99. The fourth-order valence-corrected chi connectivity index (χ4v) is 2.12. The zero-order valence-corrected chi connectivity index (χ0v) is 12.2. The summed E-state index contributed by atoms with van der Waals surface area (Å²) < 4.78 is 5.48. The minimum atomic E-state index is -0.703. The van der Waals surface area contributed by atoms with Crippen LogP contribution in [0.1, 0.15) is 30.0 Å². The summed E-state index contributed by atoms with van der Waals surface area (Å²) in [5.74, 6) is 0.512. The molecule has 4 nitrogen and oxygen atoms in total. The second-order valence-electron chi connectivity index (χ2n) is 5.05. The van der Waals surface area contributed by atoms with Crippen LogP contribution in [0.25, 0.3) is 0 Å². The lowest BCUT2D eigenvalue weighted by Crippen LogP contribution is -2.33. The third kappa shape index (κ3) is 3.96. The third-order valence-corrected chi connectivity index (χ3v) is 3.30. The highest BCUT2D eigenvalue weighted by atomic mass is 16.3. The molecule has 0 fully saturated rings. The molecule has 1 N–H and O–H groups in total. The smallest absolute Gasteiger partial charge is 0.238 e. The molecule has 0 aliphatic rings. The van der Waals surface area contributed by atoms with E-state index in [0.29, 0.717) is 12.2 Å². The molecule has 1 aromatic heterocycles. The van der Waals surface area contributed by atoms with E-state index in [0.717, 1.165) is 11.3 Å². The summed E-state index contributed by atoms with van der Waals surface area (Å²) in [6, 6.07) is 15.0. The van der Waals surface area contributed by atoms with Gasteiger partial charge in [-0.05, 0) is 38.0 Å². The van der Waals surface area contributed by atoms with Crippen molar-refractivity contribution in [2.24, 2.45) is 5.92 Å². The average Bonchev–Trinajstić information content (AvgIpc) is 2.92. The first kappa shape index (κ1) is 14.9. The number of nitrogens with one attached hydrogen (secondary N) is 1. The number of aryl methyl sites for hydroxylation is 1. The molecule has 0 bridgehead atoms. The Balaban J connectivity index is 1.99. The average molecular weight is 282 g/mol. The van der Waals surface area contributed by atoms with Gasteiger partial charge >= 0.3 is 0 Å². The van der Waals surface area contributed by atoms with Gasteiger partial charge in [-0.3, -0.25) is 4.79 Å². The summed E-state index contributed by atoms with van der Waals surface area (Å²) in [4.78, 5) is 12.2. The number of hydrogen-bond acceptors (Lipinski definition) is 3. The highest BCUT2D eigenvalue weighted by molar-refractivity contribution is 5.81. The Morgan fingerprint density at radius 1 is 1.29 bits per heavy atom. The number of rotatable bonds is 5. The SMILES string of the molecule is Cc1ccc(C(C)NC(=O)C(C#N)Cc2ccccc2)o1. The number of nitrogens with zero attached hydrogens (tertiary/aromatic N) is 1. The van der Waals surface area contributed by atoms with Crippen molar-refractivity contribution >= 4 is 5.91 Å². The van der Waals surface area contributed by atoms with Crippen LogP contribution in [0.2, 0.25) is 0 Å². The van der Waals surface area contributed by atoms with Crippen molar-refractivity contribution < 1.29 is 9.21 Å². The van der Waals surface area contributed by atoms with Crippen LogP contribution in [-0.4, -0.2) is 5.91 Å². The second kappa shape index (κ2) is 6.76. The predicted molar refractivity (Wildman–Crippen MR) is 79.3 cm³/mol. The number of carbonyl (C=O) groups is 1. The van der Waals surface area contributed by atoms with Gasteiger partial charge in [0.2, 0.25) is 5.91 Å². The van der Waals surface area contributed by atoms with Crippen molar-refractivity contribution in [2.45, 2.75) is 26.3 Å². The van der Waals surface area contributed by atoms with E-state index in [1.807, 2.05) is 56.3 Å². The van der Waals surface area contributed by atoms with Crippen LogP contribution >= 0.6 is 0 Å². The first-order chi connectivity index (χ1) is 10.1. The lowest BCUT2D eigenvalue weighted by molar-refractivity contribution is -0.124. The molecule has 0 aliphatic carbocycles. The molecular weight excluding hydrogens is 264 g/mol. The van der Waals surface area contributed by atoms with E-state index < -0.39 is 5.92 Å². The molecule has 1 heterocycles. The number of amides is 1. The van der Waals surface area contributed by atoms with Crippen LogP contribution in [-0.2, 0) is 11.2 Å². The Hall–Kier alpha value is -2.54. The van der Waals surface area contributed by atoms with Crippen molar-refractivity contribution in [2.75, 3.05) is 0 Å². The largest absolute Gasteiger partial charge is 0.464 e. The predicted octanol–water partition coefficient (Wildman–Crippen LogP) is 3.15. The maximum atomic E-state index is 12.2. The van der Waals surface area contributed by atoms with E-state index in [1.165, 1.54) is 0 Å². The van der Waals surface area contributed by atoms with E-state index in [1.54, 1.807) is 0 Å². The van der Waals surface area contributed by atoms with Gasteiger partial charge in [0, 0.05) is 0 Å². The number of carbonyl (C=O) groups excluding carboxylic acids is 1. The van der Waals surface area contributed by atoms with Gasteiger partial charge < -0.3 is 9.73 Å². The van der Waals surface area contributed by atoms with Gasteiger partial charge in [-0.2, -0.15) is 5.26 Å². The standard InChI is InChI=1S/C17H18N2O2/c1-12-8-9-16(21-12)13(2)19-17(20)15(11-18)10-14-6-4-3-5-7-14/h3-9,13,15H,10H2,1-2H3,(H,19,20). The Labute approximate surface area is 124 Å². The maximum Gasteiger partial charge on any atom is 0.238 e. The monoisotopic (exact) mass is 282 g/mol. The van der Waals surface area contributed by atoms with Gasteiger partial charge in [0.25, 0.3) is 0 Å².